The van der Waals surface area contributed by atoms with Gasteiger partial charge in [-0.2, -0.15) is 0 Å². The molecule has 3 N–H and O–H groups in total. The maximum atomic E-state index is 14.5. The van der Waals surface area contributed by atoms with E-state index in [1.165, 1.54) is 11.0 Å². The molecule has 1 unspecified atom stereocenters. The number of ether oxygens (including phenoxy) is 1. The summed E-state index contributed by atoms with van der Waals surface area (Å²) in [6.45, 7) is 0.919. The van der Waals surface area contributed by atoms with Gasteiger partial charge >= 0.3 is 6.09 Å². The molecule has 2 aliphatic rings. The van der Waals surface area contributed by atoms with Crippen LogP contribution in [0.2, 0.25) is 0 Å². The summed E-state index contributed by atoms with van der Waals surface area (Å²) in [5.41, 5.74) is 8.62. The lowest BCUT2D eigenvalue weighted by Crippen LogP contribution is -2.32. The highest BCUT2D eigenvalue weighted by molar-refractivity contribution is 5.98. The number of benzene rings is 1. The molecule has 9 heteroatoms. The zero-order valence-corrected chi connectivity index (χ0v) is 11.9. The first-order valence-electron chi connectivity index (χ1n) is 7.02. The number of amides is 2. The van der Waals surface area contributed by atoms with Crippen molar-refractivity contribution >= 4 is 34.4 Å². The fourth-order valence-corrected chi connectivity index (χ4v) is 2.90. The van der Waals surface area contributed by atoms with Gasteiger partial charge in [0.15, 0.2) is 6.10 Å². The quantitative estimate of drug-likeness (QED) is 0.858. The minimum absolute atomic E-state index is 0.0337. The third-order valence-corrected chi connectivity index (χ3v) is 3.97. The van der Waals surface area contributed by atoms with Crippen LogP contribution in [-0.2, 0) is 20.9 Å². The molecular formula is C14H13FN4O4. The first-order chi connectivity index (χ1) is 11.0. The van der Waals surface area contributed by atoms with E-state index < -0.39 is 23.9 Å². The molecule has 0 radical (unpaired) electrons. The number of halogens is 1. The normalized spacial score (nSPS) is 20.3. The molecule has 2 aliphatic heterocycles. The van der Waals surface area contributed by atoms with Crippen LogP contribution in [0.15, 0.2) is 18.2 Å². The Morgan fingerprint density at radius 3 is 2.96 bits per heavy atom. The highest BCUT2D eigenvalue weighted by Gasteiger charge is 2.36. The second kappa shape index (κ2) is 4.85. The third kappa shape index (κ3) is 2.08. The zero-order valence-electron chi connectivity index (χ0n) is 11.9. The van der Waals surface area contributed by atoms with Crippen molar-refractivity contribution in [3.05, 3.63) is 24.0 Å². The average Bonchev–Trinajstić information content (AvgIpc) is 3.07. The number of nitrogens with two attached hydrogens (primary N) is 1. The van der Waals surface area contributed by atoms with Gasteiger partial charge in [-0.3, -0.25) is 20.0 Å². The molecule has 1 saturated heterocycles. The van der Waals surface area contributed by atoms with Crippen molar-refractivity contribution in [2.24, 2.45) is 5.73 Å². The van der Waals surface area contributed by atoms with Gasteiger partial charge < -0.3 is 15.0 Å². The summed E-state index contributed by atoms with van der Waals surface area (Å²) in [7, 11) is 0. The number of nitrogens with zero attached hydrogens (tertiary/aromatic N) is 2. The summed E-state index contributed by atoms with van der Waals surface area (Å²) >= 11 is 0. The van der Waals surface area contributed by atoms with E-state index in [0.29, 0.717) is 35.6 Å². The number of anilines is 2. The molecule has 0 spiro atoms. The van der Waals surface area contributed by atoms with Crippen molar-refractivity contribution in [2.45, 2.75) is 12.6 Å². The number of rotatable bonds is 2. The van der Waals surface area contributed by atoms with E-state index in [9.17, 15) is 14.0 Å². The van der Waals surface area contributed by atoms with E-state index in [2.05, 4.69) is 5.48 Å². The summed E-state index contributed by atoms with van der Waals surface area (Å²) in [6, 6.07) is 4.64. The average molecular weight is 320 g/mol. The maximum absolute atomic E-state index is 14.5. The van der Waals surface area contributed by atoms with E-state index in [-0.39, 0.29) is 6.54 Å². The van der Waals surface area contributed by atoms with Crippen LogP contribution in [0.1, 0.15) is 0 Å². The number of fused-ring (bicyclic) bond motifs is 3. The van der Waals surface area contributed by atoms with Crippen LogP contribution in [0, 0.1) is 5.82 Å². The van der Waals surface area contributed by atoms with Gasteiger partial charge in [0.05, 0.1) is 30.9 Å². The van der Waals surface area contributed by atoms with E-state index in [4.69, 9.17) is 15.3 Å². The van der Waals surface area contributed by atoms with Gasteiger partial charge in [-0.1, -0.05) is 0 Å². The van der Waals surface area contributed by atoms with Gasteiger partial charge in [0, 0.05) is 5.39 Å². The second-order valence-corrected chi connectivity index (χ2v) is 5.38. The summed E-state index contributed by atoms with van der Waals surface area (Å²) in [5, 5.41) is 0.614. The molecule has 4 rings (SSSR count). The number of carbonyl (C=O) groups is 2. The van der Waals surface area contributed by atoms with Crippen LogP contribution < -0.4 is 16.1 Å². The van der Waals surface area contributed by atoms with Crippen LogP contribution in [0.4, 0.5) is 20.7 Å². The lowest BCUT2D eigenvalue weighted by molar-refractivity contribution is -0.124. The summed E-state index contributed by atoms with van der Waals surface area (Å²) in [5.74, 6) is -0.563. The molecule has 2 amide bonds. The summed E-state index contributed by atoms with van der Waals surface area (Å²) < 4.78 is 21.2. The van der Waals surface area contributed by atoms with Crippen molar-refractivity contribution in [1.82, 2.24) is 4.57 Å². The Labute approximate surface area is 129 Å². The lowest BCUT2D eigenvalue weighted by atomic mass is 10.2. The highest BCUT2D eigenvalue weighted by atomic mass is 19.1. The van der Waals surface area contributed by atoms with Crippen molar-refractivity contribution < 1.29 is 23.6 Å². The summed E-state index contributed by atoms with van der Waals surface area (Å²) in [4.78, 5) is 29.3. The number of aromatic nitrogens is 1. The number of carbonyl (C=O) groups excluding carboxylic acids is 2. The SMILES string of the molecule is NC(=O)C1CN(c2cc(F)c3c(c2)cc2n3CCON2)C(=O)O1. The molecule has 3 heterocycles. The van der Waals surface area contributed by atoms with Crippen LogP contribution in [0.5, 0.6) is 0 Å². The number of cyclic esters (lactones) is 1. The molecule has 1 aromatic heterocycles. The smallest absolute Gasteiger partial charge is 0.415 e. The van der Waals surface area contributed by atoms with Gasteiger partial charge in [-0.15, -0.1) is 0 Å². The predicted molar refractivity (Wildman–Crippen MR) is 78.3 cm³/mol. The van der Waals surface area contributed by atoms with E-state index >= 15 is 0 Å². The Morgan fingerprint density at radius 2 is 2.22 bits per heavy atom. The maximum Gasteiger partial charge on any atom is 0.415 e. The Bertz CT molecular complexity index is 834. The first kappa shape index (κ1) is 13.8. The van der Waals surface area contributed by atoms with Gasteiger partial charge in [0.2, 0.25) is 0 Å². The highest BCUT2D eigenvalue weighted by Crippen LogP contribution is 2.33. The van der Waals surface area contributed by atoms with E-state index in [1.54, 1.807) is 16.7 Å². The molecule has 1 atom stereocenters. The van der Waals surface area contributed by atoms with Crippen LogP contribution >= 0.6 is 0 Å². The molecule has 2 aromatic rings. The van der Waals surface area contributed by atoms with E-state index in [1.807, 2.05) is 0 Å². The number of nitrogens with one attached hydrogen (secondary N) is 1. The summed E-state index contributed by atoms with van der Waals surface area (Å²) in [6.07, 6.45) is -1.75. The largest absolute Gasteiger partial charge is 0.434 e. The molecule has 1 fully saturated rings. The molecule has 0 bridgehead atoms. The molecule has 23 heavy (non-hydrogen) atoms. The van der Waals surface area contributed by atoms with Crippen molar-refractivity contribution in [3.63, 3.8) is 0 Å². The third-order valence-electron chi connectivity index (χ3n) is 3.97. The van der Waals surface area contributed by atoms with E-state index in [0.717, 1.165) is 0 Å². The monoisotopic (exact) mass is 320 g/mol. The predicted octanol–water partition coefficient (Wildman–Crippen LogP) is 0.948. The van der Waals surface area contributed by atoms with Crippen LogP contribution in [0.25, 0.3) is 10.9 Å². The van der Waals surface area contributed by atoms with Gasteiger partial charge in [-0.05, 0) is 18.2 Å². The van der Waals surface area contributed by atoms with Gasteiger partial charge in [-0.25, -0.2) is 9.18 Å². The molecule has 1 aromatic carbocycles. The first-order valence-corrected chi connectivity index (χ1v) is 7.02. The van der Waals surface area contributed by atoms with Crippen molar-refractivity contribution in [3.8, 4) is 0 Å². The Balaban J connectivity index is 1.77. The van der Waals surface area contributed by atoms with Crippen LogP contribution in [-0.4, -0.2) is 35.8 Å². The van der Waals surface area contributed by atoms with Crippen molar-refractivity contribution in [2.75, 3.05) is 23.5 Å². The Morgan fingerprint density at radius 1 is 1.39 bits per heavy atom. The fourth-order valence-electron chi connectivity index (χ4n) is 2.90. The van der Waals surface area contributed by atoms with Crippen LogP contribution in [0.3, 0.4) is 0 Å². The number of hydrogen-bond acceptors (Lipinski definition) is 5. The molecule has 8 nitrogen and oxygen atoms in total. The minimum Gasteiger partial charge on any atom is -0.434 e. The Hall–Kier alpha value is -2.81. The molecule has 0 aliphatic carbocycles. The van der Waals surface area contributed by atoms with Gasteiger partial charge in [0.25, 0.3) is 5.91 Å². The lowest BCUT2D eigenvalue weighted by Gasteiger charge is -2.18. The topological polar surface area (TPSA) is 98.8 Å². The number of primary amides is 1. The molecular weight excluding hydrogens is 307 g/mol. The minimum atomic E-state index is -1.03. The number of hydrogen-bond donors (Lipinski definition) is 2. The Kier molecular flexibility index (Phi) is 2.91. The second-order valence-electron chi connectivity index (χ2n) is 5.38. The fraction of sp³-hybridized carbons (Fsp3) is 0.286. The molecule has 120 valence electrons. The standard InChI is InChI=1S/C14H13FN4O4/c15-9-5-8(19-6-10(13(16)20)23-14(19)21)3-7-4-11-17-22-2-1-18(11)12(7)9/h3-5,10,17H,1-2,6H2,(H2,16,20). The molecule has 0 saturated carbocycles. The van der Waals surface area contributed by atoms with Gasteiger partial charge in [0.1, 0.15) is 11.6 Å². The zero-order chi connectivity index (χ0) is 16.1. The van der Waals surface area contributed by atoms with Crippen molar-refractivity contribution in [1.29, 1.82) is 0 Å².